The minimum absolute atomic E-state index is 0.242. The standard InChI is InChI=1S/C9H8FNO2S/c10-9(4-5-9)8(12)13-11-6-2-1-3-7(11)14/h1-3,6H,4-5H2. The van der Waals surface area contributed by atoms with Crippen molar-refractivity contribution in [1.82, 2.24) is 4.73 Å². The number of rotatable bonds is 2. The molecule has 0 aromatic carbocycles. The zero-order chi connectivity index (χ0) is 10.2. The Bertz CT molecular complexity index is 425. The van der Waals surface area contributed by atoms with Crippen molar-refractivity contribution in [2.24, 2.45) is 0 Å². The van der Waals surface area contributed by atoms with E-state index in [-0.39, 0.29) is 12.8 Å². The number of pyridine rings is 1. The van der Waals surface area contributed by atoms with Crippen LogP contribution in [0.3, 0.4) is 0 Å². The summed E-state index contributed by atoms with van der Waals surface area (Å²) in [6.07, 6.45) is 1.96. The second-order valence-electron chi connectivity index (χ2n) is 3.21. The first-order valence-corrected chi connectivity index (χ1v) is 4.62. The molecule has 3 nitrogen and oxygen atoms in total. The molecule has 1 saturated carbocycles. The van der Waals surface area contributed by atoms with Gasteiger partial charge >= 0.3 is 5.97 Å². The molecule has 0 N–H and O–H groups in total. The monoisotopic (exact) mass is 213 g/mol. The SMILES string of the molecule is O=C(On1ccccc1=S)C1(F)CC1. The van der Waals surface area contributed by atoms with Crippen molar-refractivity contribution in [2.45, 2.75) is 18.5 Å². The van der Waals surface area contributed by atoms with Crippen LogP contribution in [-0.2, 0) is 4.79 Å². The molecule has 0 bridgehead atoms. The minimum Gasteiger partial charge on any atom is -0.332 e. The van der Waals surface area contributed by atoms with Crippen LogP contribution in [0.5, 0.6) is 0 Å². The van der Waals surface area contributed by atoms with Crippen molar-refractivity contribution in [3.63, 3.8) is 0 Å². The van der Waals surface area contributed by atoms with E-state index in [0.29, 0.717) is 4.64 Å². The van der Waals surface area contributed by atoms with Crippen LogP contribution in [0.2, 0.25) is 0 Å². The van der Waals surface area contributed by atoms with E-state index >= 15 is 0 Å². The van der Waals surface area contributed by atoms with E-state index in [1.54, 1.807) is 18.2 Å². The lowest BCUT2D eigenvalue weighted by atomic mass is 10.4. The van der Waals surface area contributed by atoms with Gasteiger partial charge in [0.2, 0.25) is 5.67 Å². The van der Waals surface area contributed by atoms with Crippen LogP contribution < -0.4 is 4.84 Å². The van der Waals surface area contributed by atoms with Gasteiger partial charge in [0, 0.05) is 6.20 Å². The van der Waals surface area contributed by atoms with Gasteiger partial charge in [0.1, 0.15) is 4.64 Å². The molecule has 0 unspecified atom stereocenters. The summed E-state index contributed by atoms with van der Waals surface area (Å²) in [5.41, 5.74) is -1.77. The van der Waals surface area contributed by atoms with Crippen LogP contribution in [0.15, 0.2) is 24.4 Å². The maximum Gasteiger partial charge on any atom is 0.369 e. The molecule has 1 fully saturated rings. The number of carbonyl (C=O) groups is 1. The Morgan fingerprint density at radius 1 is 1.57 bits per heavy atom. The summed E-state index contributed by atoms with van der Waals surface area (Å²) in [7, 11) is 0. The number of carbonyl (C=O) groups excluding carboxylic acids is 1. The van der Waals surface area contributed by atoms with E-state index < -0.39 is 11.6 Å². The third-order valence-corrected chi connectivity index (χ3v) is 2.34. The predicted octanol–water partition coefficient (Wildman–Crippen LogP) is 1.67. The molecule has 1 aromatic rings. The quantitative estimate of drug-likeness (QED) is 0.700. The Labute approximate surface area is 85.1 Å². The zero-order valence-corrected chi connectivity index (χ0v) is 8.09. The fraction of sp³-hybridized carbons (Fsp3) is 0.333. The third-order valence-electron chi connectivity index (χ3n) is 2.02. The van der Waals surface area contributed by atoms with E-state index in [9.17, 15) is 9.18 Å². The molecule has 0 radical (unpaired) electrons. The fourth-order valence-corrected chi connectivity index (χ4v) is 1.15. The van der Waals surface area contributed by atoms with E-state index in [0.717, 1.165) is 4.73 Å². The molecule has 2 rings (SSSR count). The number of nitrogens with zero attached hydrogens (tertiary/aromatic N) is 1. The van der Waals surface area contributed by atoms with E-state index in [2.05, 4.69) is 0 Å². The number of aromatic nitrogens is 1. The van der Waals surface area contributed by atoms with Crippen LogP contribution in [0.4, 0.5) is 4.39 Å². The number of hydrogen-bond donors (Lipinski definition) is 0. The predicted molar refractivity (Wildman–Crippen MR) is 49.9 cm³/mol. The Morgan fingerprint density at radius 3 is 2.86 bits per heavy atom. The summed E-state index contributed by atoms with van der Waals surface area (Å²) < 4.78 is 14.6. The second-order valence-corrected chi connectivity index (χ2v) is 3.63. The van der Waals surface area contributed by atoms with Crippen molar-refractivity contribution < 1.29 is 14.0 Å². The summed E-state index contributed by atoms with van der Waals surface area (Å²) in [6.45, 7) is 0. The van der Waals surface area contributed by atoms with Crippen molar-refractivity contribution in [1.29, 1.82) is 0 Å². The van der Waals surface area contributed by atoms with Gasteiger partial charge in [-0.3, -0.25) is 0 Å². The van der Waals surface area contributed by atoms with Crippen LogP contribution >= 0.6 is 12.2 Å². The highest BCUT2D eigenvalue weighted by molar-refractivity contribution is 7.71. The van der Waals surface area contributed by atoms with Gasteiger partial charge in [0.05, 0.1) is 0 Å². The number of halogens is 1. The van der Waals surface area contributed by atoms with Gasteiger partial charge in [-0.25, -0.2) is 9.18 Å². The highest BCUT2D eigenvalue weighted by atomic mass is 32.1. The zero-order valence-electron chi connectivity index (χ0n) is 7.27. The number of hydrogen-bond acceptors (Lipinski definition) is 3. The van der Waals surface area contributed by atoms with Gasteiger partial charge in [-0.15, -0.1) is 0 Å². The van der Waals surface area contributed by atoms with Crippen molar-refractivity contribution >= 4 is 18.2 Å². The van der Waals surface area contributed by atoms with Crippen LogP contribution in [-0.4, -0.2) is 16.4 Å². The average Bonchev–Trinajstić information content (AvgIpc) is 2.89. The van der Waals surface area contributed by atoms with Gasteiger partial charge in [0.15, 0.2) is 0 Å². The molecule has 5 heteroatoms. The topological polar surface area (TPSA) is 31.2 Å². The lowest BCUT2D eigenvalue weighted by Gasteiger charge is -2.08. The molecule has 0 amide bonds. The third kappa shape index (κ3) is 1.68. The maximum atomic E-state index is 13.2. The summed E-state index contributed by atoms with van der Waals surface area (Å²) >= 11 is 4.88. The van der Waals surface area contributed by atoms with E-state index in [1.807, 2.05) is 0 Å². The smallest absolute Gasteiger partial charge is 0.332 e. The van der Waals surface area contributed by atoms with E-state index in [1.165, 1.54) is 6.20 Å². The lowest BCUT2D eigenvalue weighted by molar-refractivity contribution is -0.152. The maximum absolute atomic E-state index is 13.2. The lowest BCUT2D eigenvalue weighted by Crippen LogP contribution is -2.29. The molecule has 0 saturated heterocycles. The molecule has 1 aliphatic carbocycles. The van der Waals surface area contributed by atoms with Gasteiger partial charge in [-0.1, -0.05) is 18.3 Å². The summed E-state index contributed by atoms with van der Waals surface area (Å²) in [6, 6.07) is 4.97. The molecule has 1 aromatic heterocycles. The van der Waals surface area contributed by atoms with Crippen LogP contribution in [0.1, 0.15) is 12.8 Å². The molecule has 0 aliphatic heterocycles. The molecule has 0 spiro atoms. The molecular weight excluding hydrogens is 205 g/mol. The Morgan fingerprint density at radius 2 is 2.29 bits per heavy atom. The Kier molecular flexibility index (Phi) is 2.11. The highest BCUT2D eigenvalue weighted by Crippen LogP contribution is 2.40. The first kappa shape index (κ1) is 9.33. The molecule has 1 aliphatic rings. The van der Waals surface area contributed by atoms with Gasteiger partial charge in [-0.2, -0.15) is 4.73 Å². The minimum atomic E-state index is -1.77. The molecular formula is C9H8FNO2S. The first-order chi connectivity index (χ1) is 6.62. The molecule has 1 heterocycles. The molecule has 74 valence electrons. The van der Waals surface area contributed by atoms with Gasteiger partial charge in [-0.05, 0) is 25.0 Å². The van der Waals surface area contributed by atoms with E-state index in [4.69, 9.17) is 17.1 Å². The Hall–Kier alpha value is -1.23. The van der Waals surface area contributed by atoms with Gasteiger partial charge in [0.25, 0.3) is 0 Å². The first-order valence-electron chi connectivity index (χ1n) is 4.21. The summed E-state index contributed by atoms with van der Waals surface area (Å²) in [5.74, 6) is -0.861. The van der Waals surface area contributed by atoms with Crippen molar-refractivity contribution in [2.75, 3.05) is 0 Å². The number of alkyl halides is 1. The Balaban J connectivity index is 2.15. The van der Waals surface area contributed by atoms with Crippen molar-refractivity contribution in [3.05, 3.63) is 29.0 Å². The normalized spacial score (nSPS) is 17.5. The van der Waals surface area contributed by atoms with Gasteiger partial charge < -0.3 is 4.84 Å². The van der Waals surface area contributed by atoms with Crippen LogP contribution in [0.25, 0.3) is 0 Å². The fourth-order valence-electron chi connectivity index (χ4n) is 0.973. The molecule has 0 atom stereocenters. The highest BCUT2D eigenvalue weighted by Gasteiger charge is 2.53. The summed E-state index contributed by atoms with van der Waals surface area (Å²) in [5, 5.41) is 0. The second kappa shape index (κ2) is 3.16. The van der Waals surface area contributed by atoms with Crippen molar-refractivity contribution in [3.8, 4) is 0 Å². The molecule has 14 heavy (non-hydrogen) atoms. The summed E-state index contributed by atoms with van der Waals surface area (Å²) in [4.78, 5) is 16.0. The van der Waals surface area contributed by atoms with Crippen LogP contribution in [0, 0.1) is 4.64 Å². The largest absolute Gasteiger partial charge is 0.369 e. The average molecular weight is 213 g/mol.